The second-order valence-corrected chi connectivity index (χ2v) is 7.67. The number of likely N-dealkylation sites (tertiary alicyclic amines) is 1. The second kappa shape index (κ2) is 9.65. The number of rotatable bonds is 5. The normalized spacial score (nSPS) is 15.1. The molecule has 2 amide bonds. The van der Waals surface area contributed by atoms with E-state index in [4.69, 9.17) is 0 Å². The first-order chi connectivity index (χ1) is 13.1. The van der Waals surface area contributed by atoms with Crippen molar-refractivity contribution in [3.8, 4) is 0 Å². The van der Waals surface area contributed by atoms with Gasteiger partial charge in [-0.25, -0.2) is 0 Å². The Labute approximate surface area is 168 Å². The number of hydrogen-bond acceptors (Lipinski definition) is 3. The summed E-state index contributed by atoms with van der Waals surface area (Å²) in [4.78, 5) is 33.3. The van der Waals surface area contributed by atoms with E-state index in [0.717, 1.165) is 41.5 Å². The maximum Gasteiger partial charge on any atom is 0.246 e. The van der Waals surface area contributed by atoms with E-state index in [2.05, 4.69) is 20.9 Å². The zero-order chi connectivity index (χ0) is 19.1. The van der Waals surface area contributed by atoms with Gasteiger partial charge >= 0.3 is 0 Å². The van der Waals surface area contributed by atoms with Gasteiger partial charge in [0.05, 0.1) is 12.2 Å². The fourth-order valence-corrected chi connectivity index (χ4v) is 3.49. The molecular weight excluding hydrogens is 406 g/mol. The Morgan fingerprint density at radius 1 is 1.07 bits per heavy atom. The van der Waals surface area contributed by atoms with Crippen molar-refractivity contribution in [3.63, 3.8) is 0 Å². The molecule has 2 aromatic rings. The van der Waals surface area contributed by atoms with Gasteiger partial charge in [0.15, 0.2) is 0 Å². The summed E-state index contributed by atoms with van der Waals surface area (Å²) in [6.07, 6.45) is 6.33. The van der Waals surface area contributed by atoms with Crippen LogP contribution in [0.3, 0.4) is 0 Å². The highest BCUT2D eigenvalue weighted by atomic mass is 79.9. The largest absolute Gasteiger partial charge is 0.333 e. The summed E-state index contributed by atoms with van der Waals surface area (Å²) in [6.45, 7) is 1.15. The van der Waals surface area contributed by atoms with Crippen LogP contribution >= 0.6 is 15.9 Å². The Morgan fingerprint density at radius 3 is 2.59 bits per heavy atom. The van der Waals surface area contributed by atoms with Crippen LogP contribution in [0.15, 0.2) is 53.1 Å². The first-order valence-corrected chi connectivity index (χ1v) is 10.2. The summed E-state index contributed by atoms with van der Waals surface area (Å²) in [6, 6.07) is 13.3. The van der Waals surface area contributed by atoms with Gasteiger partial charge in [0, 0.05) is 29.3 Å². The van der Waals surface area contributed by atoms with E-state index < -0.39 is 0 Å². The molecule has 3 rings (SSSR count). The molecule has 5 nitrogen and oxygen atoms in total. The van der Waals surface area contributed by atoms with Crippen LogP contribution in [-0.4, -0.2) is 34.8 Å². The average molecular weight is 430 g/mol. The lowest BCUT2D eigenvalue weighted by Crippen LogP contribution is -2.43. The Hall–Kier alpha value is -2.21. The molecule has 0 N–H and O–H groups in total. The van der Waals surface area contributed by atoms with Crippen molar-refractivity contribution in [1.82, 2.24) is 9.88 Å². The number of pyridine rings is 1. The van der Waals surface area contributed by atoms with Crippen LogP contribution in [-0.2, 0) is 16.1 Å². The third-order valence-electron chi connectivity index (χ3n) is 4.73. The maximum atomic E-state index is 13.1. The zero-order valence-corrected chi connectivity index (χ0v) is 16.9. The van der Waals surface area contributed by atoms with Crippen LogP contribution in [0.5, 0.6) is 0 Å². The minimum absolute atomic E-state index is 0.0802. The quantitative estimate of drug-likeness (QED) is 0.716. The fraction of sp³-hybridized carbons (Fsp3) is 0.381. The van der Waals surface area contributed by atoms with Gasteiger partial charge in [-0.1, -0.05) is 34.8 Å². The van der Waals surface area contributed by atoms with Crippen molar-refractivity contribution in [1.29, 1.82) is 0 Å². The SMILES string of the molecule is O=C1CCCCCCN1CC(=O)N(Cc1ccccn1)c1ccc(Br)cc1. The topological polar surface area (TPSA) is 53.5 Å². The number of amides is 2. The van der Waals surface area contributed by atoms with Crippen molar-refractivity contribution < 1.29 is 9.59 Å². The van der Waals surface area contributed by atoms with Gasteiger partial charge in [0.2, 0.25) is 11.8 Å². The number of hydrogen-bond donors (Lipinski definition) is 0. The highest BCUT2D eigenvalue weighted by molar-refractivity contribution is 9.10. The number of aromatic nitrogens is 1. The Balaban J connectivity index is 1.79. The van der Waals surface area contributed by atoms with Crippen LogP contribution in [0.4, 0.5) is 5.69 Å². The fourth-order valence-electron chi connectivity index (χ4n) is 3.23. The van der Waals surface area contributed by atoms with Gasteiger partial charge in [-0.05, 0) is 49.2 Å². The number of carbonyl (C=O) groups excluding carboxylic acids is 2. The summed E-state index contributed by atoms with van der Waals surface area (Å²) in [5.74, 6) is -0.00598. The van der Waals surface area contributed by atoms with Crippen LogP contribution in [0.1, 0.15) is 37.8 Å². The van der Waals surface area contributed by atoms with Crippen molar-refractivity contribution in [2.24, 2.45) is 0 Å². The molecular formula is C21H24BrN3O2. The highest BCUT2D eigenvalue weighted by Crippen LogP contribution is 2.21. The molecule has 1 aromatic carbocycles. The van der Waals surface area contributed by atoms with Crippen molar-refractivity contribution in [2.45, 2.75) is 38.6 Å². The number of nitrogens with zero attached hydrogens (tertiary/aromatic N) is 3. The smallest absolute Gasteiger partial charge is 0.246 e. The predicted octanol–water partition coefficient (Wildman–Crippen LogP) is 4.17. The molecule has 0 bridgehead atoms. The Bertz CT molecular complexity index is 765. The molecule has 142 valence electrons. The number of anilines is 1. The molecule has 0 radical (unpaired) electrons. The van der Waals surface area contributed by atoms with Crippen LogP contribution in [0, 0.1) is 0 Å². The molecule has 0 atom stereocenters. The molecule has 0 saturated carbocycles. The summed E-state index contributed by atoms with van der Waals surface area (Å²) >= 11 is 3.43. The number of carbonyl (C=O) groups is 2. The molecule has 0 unspecified atom stereocenters. The molecule has 1 aromatic heterocycles. The average Bonchev–Trinajstić information content (AvgIpc) is 2.67. The van der Waals surface area contributed by atoms with Crippen LogP contribution in [0.2, 0.25) is 0 Å². The van der Waals surface area contributed by atoms with Gasteiger partial charge in [-0.3, -0.25) is 14.6 Å². The van der Waals surface area contributed by atoms with E-state index in [1.807, 2.05) is 42.5 Å². The van der Waals surface area contributed by atoms with E-state index in [0.29, 0.717) is 19.5 Å². The number of halogens is 1. The molecule has 0 spiro atoms. The second-order valence-electron chi connectivity index (χ2n) is 6.76. The molecule has 1 aliphatic heterocycles. The van der Waals surface area contributed by atoms with E-state index >= 15 is 0 Å². The summed E-state index contributed by atoms with van der Waals surface area (Å²) in [5, 5.41) is 0. The van der Waals surface area contributed by atoms with Gasteiger partial charge in [-0.15, -0.1) is 0 Å². The number of benzene rings is 1. The van der Waals surface area contributed by atoms with Crippen molar-refractivity contribution in [2.75, 3.05) is 18.0 Å². The van der Waals surface area contributed by atoms with Gasteiger partial charge in [-0.2, -0.15) is 0 Å². The van der Waals surface area contributed by atoms with E-state index in [-0.39, 0.29) is 18.4 Å². The molecule has 2 heterocycles. The van der Waals surface area contributed by atoms with Gasteiger partial charge < -0.3 is 9.80 Å². The molecule has 1 saturated heterocycles. The predicted molar refractivity (Wildman–Crippen MR) is 109 cm³/mol. The minimum Gasteiger partial charge on any atom is -0.333 e. The van der Waals surface area contributed by atoms with E-state index in [1.54, 1.807) is 16.0 Å². The van der Waals surface area contributed by atoms with Crippen molar-refractivity contribution in [3.05, 3.63) is 58.8 Å². The van der Waals surface area contributed by atoms with E-state index in [9.17, 15) is 9.59 Å². The lowest BCUT2D eigenvalue weighted by atomic mass is 10.1. The lowest BCUT2D eigenvalue weighted by molar-refractivity contribution is -0.135. The summed E-state index contributed by atoms with van der Waals surface area (Å²) < 4.78 is 0.954. The zero-order valence-electron chi connectivity index (χ0n) is 15.3. The van der Waals surface area contributed by atoms with Gasteiger partial charge in [0.1, 0.15) is 6.54 Å². The van der Waals surface area contributed by atoms with Crippen molar-refractivity contribution >= 4 is 33.4 Å². The van der Waals surface area contributed by atoms with Crippen LogP contribution in [0.25, 0.3) is 0 Å². The standard InChI is InChI=1S/C21H24BrN3O2/c22-17-9-11-19(12-10-17)25(15-18-7-4-5-13-23-18)21(27)16-24-14-6-2-1-3-8-20(24)26/h4-5,7,9-13H,1-3,6,8,14-16H2. The molecule has 1 fully saturated rings. The maximum absolute atomic E-state index is 13.1. The minimum atomic E-state index is -0.0862. The third-order valence-corrected chi connectivity index (χ3v) is 5.26. The van der Waals surface area contributed by atoms with Gasteiger partial charge in [0.25, 0.3) is 0 Å². The first kappa shape index (κ1) is 19.5. The summed E-state index contributed by atoms with van der Waals surface area (Å²) in [7, 11) is 0. The van der Waals surface area contributed by atoms with Crippen LogP contribution < -0.4 is 4.90 Å². The molecule has 27 heavy (non-hydrogen) atoms. The third kappa shape index (κ3) is 5.63. The Kier molecular flexibility index (Phi) is 6.98. The molecule has 0 aliphatic carbocycles. The molecule has 6 heteroatoms. The highest BCUT2D eigenvalue weighted by Gasteiger charge is 2.23. The Morgan fingerprint density at radius 2 is 1.85 bits per heavy atom. The lowest BCUT2D eigenvalue weighted by Gasteiger charge is -2.28. The van der Waals surface area contributed by atoms with E-state index in [1.165, 1.54) is 0 Å². The summed E-state index contributed by atoms with van der Waals surface area (Å²) in [5.41, 5.74) is 1.61. The monoisotopic (exact) mass is 429 g/mol. The first-order valence-electron chi connectivity index (χ1n) is 9.37. The molecule has 1 aliphatic rings.